The molecule has 216 valence electrons. The van der Waals surface area contributed by atoms with Crippen molar-refractivity contribution in [2.24, 2.45) is 17.6 Å². The Hall–Kier alpha value is -3.42. The van der Waals surface area contributed by atoms with Crippen molar-refractivity contribution < 1.29 is 48.0 Å². The molecule has 13 heteroatoms. The minimum absolute atomic E-state index is 0.0290. The van der Waals surface area contributed by atoms with Crippen LogP contribution in [0.25, 0.3) is 5.76 Å². The Kier molecular flexibility index (Phi) is 6.55. The fourth-order valence-electron chi connectivity index (χ4n) is 6.74. The third kappa shape index (κ3) is 4.01. The molecule has 6 N–H and O–H groups in total. The molecule has 0 unspecified atom stereocenters. The van der Waals surface area contributed by atoms with E-state index in [0.29, 0.717) is 0 Å². The van der Waals surface area contributed by atoms with Crippen molar-refractivity contribution in [1.82, 2.24) is 9.80 Å². The molecule has 1 aromatic carbocycles. The van der Waals surface area contributed by atoms with Crippen LogP contribution in [0, 0.1) is 17.7 Å². The first-order chi connectivity index (χ1) is 18.6. The van der Waals surface area contributed by atoms with E-state index in [1.807, 2.05) is 0 Å². The number of aromatic hydroxyl groups is 1. The van der Waals surface area contributed by atoms with Gasteiger partial charge in [0.05, 0.1) is 11.6 Å². The quantitative estimate of drug-likeness (QED) is 0.339. The second kappa shape index (κ2) is 9.32. The predicted molar refractivity (Wildman–Crippen MR) is 134 cm³/mol. The summed E-state index contributed by atoms with van der Waals surface area (Å²) < 4.78 is 43.0. The first-order valence-corrected chi connectivity index (χ1v) is 12.9. The fraction of sp³-hybridized carbons (Fsp3) is 0.519. The summed E-state index contributed by atoms with van der Waals surface area (Å²) >= 11 is 0. The maximum absolute atomic E-state index is 15.8. The van der Waals surface area contributed by atoms with E-state index >= 15 is 4.39 Å². The predicted octanol–water partition coefficient (Wildman–Crippen LogP) is 1.33. The number of aliphatic hydroxyl groups excluding tert-OH is 2. The second-order valence-corrected chi connectivity index (χ2v) is 11.3. The van der Waals surface area contributed by atoms with E-state index in [0.717, 1.165) is 6.07 Å². The number of nitrogens with zero attached hydrogens (tertiary/aromatic N) is 2. The van der Waals surface area contributed by atoms with E-state index in [1.165, 1.54) is 19.0 Å². The van der Waals surface area contributed by atoms with E-state index in [4.69, 9.17) is 5.73 Å². The van der Waals surface area contributed by atoms with Crippen LogP contribution in [-0.4, -0.2) is 92.4 Å². The van der Waals surface area contributed by atoms with E-state index in [2.05, 4.69) is 0 Å². The second-order valence-electron chi connectivity index (χ2n) is 11.3. The van der Waals surface area contributed by atoms with Crippen LogP contribution in [0.5, 0.6) is 5.75 Å². The third-order valence-electron chi connectivity index (χ3n) is 8.71. The maximum atomic E-state index is 15.8. The number of hydrogen-bond acceptors (Lipinski definition) is 9. The summed E-state index contributed by atoms with van der Waals surface area (Å²) in [6.07, 6.45) is -1.12. The molecule has 5 rings (SSSR count). The van der Waals surface area contributed by atoms with Crippen LogP contribution in [0.1, 0.15) is 36.0 Å². The number of fused-ring (bicyclic) bond motifs is 3. The molecular formula is C27H30F3N3O7. The number of halogens is 3. The fourth-order valence-corrected chi connectivity index (χ4v) is 6.74. The Labute approximate surface area is 227 Å². The molecule has 1 heterocycles. The molecular weight excluding hydrogens is 535 g/mol. The van der Waals surface area contributed by atoms with Crippen molar-refractivity contribution in [2.75, 3.05) is 27.2 Å². The number of benzene rings is 1. The minimum Gasteiger partial charge on any atom is -0.508 e. The number of hydrogen-bond donors (Lipinski definition) is 5. The van der Waals surface area contributed by atoms with E-state index in [-0.39, 0.29) is 67.6 Å². The summed E-state index contributed by atoms with van der Waals surface area (Å²) in [7, 11) is 2.96. The highest BCUT2D eigenvalue weighted by Gasteiger charge is 2.64. The number of phenols is 1. The molecule has 4 aliphatic rings. The van der Waals surface area contributed by atoms with Gasteiger partial charge in [-0.3, -0.25) is 24.2 Å². The van der Waals surface area contributed by atoms with Gasteiger partial charge in [-0.15, -0.1) is 0 Å². The number of likely N-dealkylation sites (N-methyl/N-ethyl adjacent to an activating group) is 1. The Balaban J connectivity index is 1.59. The Morgan fingerprint density at radius 1 is 1.18 bits per heavy atom. The van der Waals surface area contributed by atoms with E-state index < -0.39 is 75.5 Å². The highest BCUT2D eigenvalue weighted by molar-refractivity contribution is 6.24. The number of rotatable bonds is 4. The van der Waals surface area contributed by atoms with Gasteiger partial charge in [-0.05, 0) is 38.9 Å². The van der Waals surface area contributed by atoms with Crippen LogP contribution in [0.4, 0.5) is 13.2 Å². The molecule has 0 aromatic heterocycles. The first kappa shape index (κ1) is 28.1. The van der Waals surface area contributed by atoms with Gasteiger partial charge in [-0.2, -0.15) is 0 Å². The Morgan fingerprint density at radius 3 is 2.38 bits per heavy atom. The molecule has 1 saturated heterocycles. The van der Waals surface area contributed by atoms with Gasteiger partial charge in [0.2, 0.25) is 5.78 Å². The van der Waals surface area contributed by atoms with Crippen LogP contribution in [-0.2, 0) is 27.3 Å². The Morgan fingerprint density at radius 2 is 1.80 bits per heavy atom. The van der Waals surface area contributed by atoms with Crippen molar-refractivity contribution >= 4 is 23.2 Å². The van der Waals surface area contributed by atoms with Crippen LogP contribution < -0.4 is 5.73 Å². The highest BCUT2D eigenvalue weighted by Crippen LogP contribution is 2.53. The molecule has 0 radical (unpaired) electrons. The van der Waals surface area contributed by atoms with Gasteiger partial charge >= 0.3 is 0 Å². The number of alkyl halides is 2. The molecule has 10 nitrogen and oxygen atoms in total. The number of aliphatic hydroxyl groups is 3. The molecule has 3 aliphatic carbocycles. The van der Waals surface area contributed by atoms with Gasteiger partial charge < -0.3 is 26.2 Å². The van der Waals surface area contributed by atoms with Gasteiger partial charge in [0.25, 0.3) is 11.8 Å². The van der Waals surface area contributed by atoms with Crippen molar-refractivity contribution in [2.45, 2.75) is 49.8 Å². The zero-order valence-corrected chi connectivity index (χ0v) is 21.9. The van der Waals surface area contributed by atoms with E-state index in [1.54, 1.807) is 4.90 Å². The first-order valence-electron chi connectivity index (χ1n) is 12.9. The zero-order valence-electron chi connectivity index (χ0n) is 21.9. The number of primary amides is 1. The van der Waals surface area contributed by atoms with Crippen LogP contribution in [0.3, 0.4) is 0 Å². The molecule has 0 bridgehead atoms. The number of Topliss-reactive ketones (excluding diaryl/α,β-unsaturated/α-hetero) is 2. The summed E-state index contributed by atoms with van der Waals surface area (Å²) in [4.78, 5) is 42.0. The summed E-state index contributed by atoms with van der Waals surface area (Å²) in [5, 5.41) is 44.4. The average molecular weight is 566 g/mol. The van der Waals surface area contributed by atoms with Crippen molar-refractivity contribution in [3.8, 4) is 5.75 Å². The lowest BCUT2D eigenvalue weighted by molar-refractivity contribution is -0.153. The zero-order chi connectivity index (χ0) is 29.5. The number of ketones is 2. The number of nitrogens with two attached hydrogens (primary N) is 1. The number of amides is 1. The van der Waals surface area contributed by atoms with Gasteiger partial charge in [0, 0.05) is 55.1 Å². The van der Waals surface area contributed by atoms with Crippen LogP contribution in [0.15, 0.2) is 23.0 Å². The molecule has 4 atom stereocenters. The normalized spacial score (nSPS) is 30.3. The Bertz CT molecular complexity index is 1400. The lowest BCUT2D eigenvalue weighted by Crippen LogP contribution is -2.65. The van der Waals surface area contributed by atoms with Gasteiger partial charge in [-0.1, -0.05) is 0 Å². The molecule has 1 aromatic rings. The molecule has 1 amide bonds. The smallest absolute Gasteiger partial charge is 0.255 e. The lowest BCUT2D eigenvalue weighted by atomic mass is 9.57. The van der Waals surface area contributed by atoms with Gasteiger partial charge in [-0.25, -0.2) is 13.2 Å². The molecule has 0 spiro atoms. The topological polar surface area (TPSA) is 165 Å². The molecule has 2 fully saturated rings. The summed E-state index contributed by atoms with van der Waals surface area (Å²) in [5.41, 5.74) is 0.786. The number of carbonyl (C=O) groups is 3. The maximum Gasteiger partial charge on any atom is 0.255 e. The molecule has 1 aliphatic heterocycles. The molecule has 1 saturated carbocycles. The van der Waals surface area contributed by atoms with Crippen LogP contribution >= 0.6 is 0 Å². The third-order valence-corrected chi connectivity index (χ3v) is 8.71. The lowest BCUT2D eigenvalue weighted by Gasteiger charge is -2.50. The minimum atomic E-state index is -2.79. The van der Waals surface area contributed by atoms with Crippen molar-refractivity contribution in [3.63, 3.8) is 0 Å². The van der Waals surface area contributed by atoms with Gasteiger partial charge in [0.15, 0.2) is 11.4 Å². The highest BCUT2D eigenvalue weighted by atomic mass is 19.3. The van der Waals surface area contributed by atoms with E-state index in [9.17, 15) is 43.6 Å². The standard InChI is InChI=1S/C27H30F3N3O7/c1-32(2)20-14-8-11-7-13-17(15(34)9-12(19(13)28)10-33-5-3-26(29,30)4-6-33)21(35)16(11)23(37)27(14,40)24(38)18(22(20)36)25(31)39/h9,11,14,20,34-35,38,40H,3-8,10H2,1-2H3,(H2,31,39)/t11-,14-,20-,27-/m0/s1. The van der Waals surface area contributed by atoms with Gasteiger partial charge in [0.1, 0.15) is 28.7 Å². The number of carbonyl (C=O) groups excluding carboxylic acids is 3. The number of likely N-dealkylation sites (tertiary alicyclic amines) is 1. The number of phenolic OH excluding ortho intramolecular Hbond substituents is 1. The van der Waals surface area contributed by atoms with Crippen LogP contribution in [0.2, 0.25) is 0 Å². The van der Waals surface area contributed by atoms with Crippen molar-refractivity contribution in [1.29, 1.82) is 0 Å². The summed E-state index contributed by atoms with van der Waals surface area (Å²) in [6.45, 7) is 0.000287. The number of piperidine rings is 1. The van der Waals surface area contributed by atoms with Crippen molar-refractivity contribution in [3.05, 3.63) is 45.5 Å². The SMILES string of the molecule is CN(C)[C@@H]1C(=O)C(C(N)=O)=C(O)[C@@]2(O)C(=O)C3=C(O)c4c(O)cc(CN5CCC(F)(F)CC5)c(F)c4C[C@H]3C[C@@H]12. The molecule has 40 heavy (non-hydrogen) atoms. The monoisotopic (exact) mass is 565 g/mol. The summed E-state index contributed by atoms with van der Waals surface area (Å²) in [6, 6.07) is -0.188. The largest absolute Gasteiger partial charge is 0.508 e. The average Bonchev–Trinajstić information content (AvgIpc) is 2.85. The summed E-state index contributed by atoms with van der Waals surface area (Å²) in [5.74, 6) is -11.7.